The highest BCUT2D eigenvalue weighted by Gasteiger charge is 2.19. The molecule has 0 fully saturated rings. The molecule has 0 aliphatic heterocycles. The minimum absolute atomic E-state index is 0.476. The highest BCUT2D eigenvalue weighted by atomic mass is 19.3. The standard InChI is InChI=1S/C8H5F4NO/c9-5-2-3(8(13)14)1-4(6(5)10)7(11)12/h1-2,7H,(H2,13,14). The molecular weight excluding hydrogens is 202 g/mol. The van der Waals surface area contributed by atoms with Crippen LogP contribution in [0.4, 0.5) is 17.6 Å². The Labute approximate surface area is 76.3 Å². The molecule has 0 unspecified atom stereocenters. The lowest BCUT2D eigenvalue weighted by Crippen LogP contribution is -2.12. The van der Waals surface area contributed by atoms with Gasteiger partial charge in [0.15, 0.2) is 11.6 Å². The predicted octanol–water partition coefficient (Wildman–Crippen LogP) is 2.00. The van der Waals surface area contributed by atoms with Crippen LogP contribution in [-0.4, -0.2) is 5.91 Å². The lowest BCUT2D eigenvalue weighted by Gasteiger charge is -2.04. The van der Waals surface area contributed by atoms with E-state index in [4.69, 9.17) is 5.73 Å². The lowest BCUT2D eigenvalue weighted by molar-refractivity contribution is 0.0999. The van der Waals surface area contributed by atoms with Crippen molar-refractivity contribution in [3.8, 4) is 0 Å². The molecule has 0 spiro atoms. The number of benzene rings is 1. The van der Waals surface area contributed by atoms with Crippen LogP contribution in [0.1, 0.15) is 22.3 Å². The largest absolute Gasteiger partial charge is 0.366 e. The molecule has 0 aliphatic rings. The van der Waals surface area contributed by atoms with E-state index in [0.717, 1.165) is 0 Å². The number of carbonyl (C=O) groups is 1. The number of hydrogen-bond acceptors (Lipinski definition) is 1. The maximum Gasteiger partial charge on any atom is 0.266 e. The molecule has 76 valence electrons. The molecule has 0 heterocycles. The fourth-order valence-corrected chi connectivity index (χ4v) is 0.911. The van der Waals surface area contributed by atoms with E-state index < -0.39 is 35.1 Å². The van der Waals surface area contributed by atoms with Crippen LogP contribution in [0.2, 0.25) is 0 Å². The van der Waals surface area contributed by atoms with E-state index >= 15 is 0 Å². The van der Waals surface area contributed by atoms with Gasteiger partial charge in [-0.25, -0.2) is 17.6 Å². The topological polar surface area (TPSA) is 43.1 Å². The summed E-state index contributed by atoms with van der Waals surface area (Å²) in [5, 5.41) is 0. The van der Waals surface area contributed by atoms with Crippen molar-refractivity contribution in [2.75, 3.05) is 0 Å². The van der Waals surface area contributed by atoms with Gasteiger partial charge < -0.3 is 5.73 Å². The van der Waals surface area contributed by atoms with Gasteiger partial charge in [0.25, 0.3) is 6.43 Å². The zero-order chi connectivity index (χ0) is 10.9. The Kier molecular flexibility index (Phi) is 2.73. The second-order valence-electron chi connectivity index (χ2n) is 2.53. The Morgan fingerprint density at radius 2 is 1.86 bits per heavy atom. The maximum absolute atomic E-state index is 12.7. The SMILES string of the molecule is NC(=O)c1cc(F)c(F)c(C(F)F)c1. The Balaban J connectivity index is 3.35. The molecule has 1 aromatic rings. The van der Waals surface area contributed by atoms with Gasteiger partial charge in [0, 0.05) is 5.56 Å². The normalized spacial score (nSPS) is 10.6. The van der Waals surface area contributed by atoms with Gasteiger partial charge in [0.1, 0.15) is 0 Å². The van der Waals surface area contributed by atoms with Gasteiger partial charge in [-0.1, -0.05) is 0 Å². The van der Waals surface area contributed by atoms with Crippen LogP contribution >= 0.6 is 0 Å². The van der Waals surface area contributed by atoms with Crippen molar-refractivity contribution in [3.63, 3.8) is 0 Å². The van der Waals surface area contributed by atoms with E-state index in [0.29, 0.717) is 12.1 Å². The average Bonchev–Trinajstić information content (AvgIpc) is 2.08. The molecule has 6 heteroatoms. The molecule has 0 saturated heterocycles. The van der Waals surface area contributed by atoms with Crippen molar-refractivity contribution in [3.05, 3.63) is 34.9 Å². The van der Waals surface area contributed by atoms with Gasteiger partial charge in [0.2, 0.25) is 5.91 Å². The molecule has 0 aromatic heterocycles. The molecule has 0 bridgehead atoms. The van der Waals surface area contributed by atoms with Gasteiger partial charge in [-0.15, -0.1) is 0 Å². The van der Waals surface area contributed by atoms with E-state index in [1.807, 2.05) is 0 Å². The predicted molar refractivity (Wildman–Crippen MR) is 39.8 cm³/mol. The van der Waals surface area contributed by atoms with Gasteiger partial charge in [0.05, 0.1) is 5.56 Å². The quantitative estimate of drug-likeness (QED) is 0.740. The molecule has 2 nitrogen and oxygen atoms in total. The first-order chi connectivity index (χ1) is 6.43. The van der Waals surface area contributed by atoms with Gasteiger partial charge in [-0.05, 0) is 12.1 Å². The number of alkyl halides is 2. The van der Waals surface area contributed by atoms with Crippen LogP contribution in [0, 0.1) is 11.6 Å². The Morgan fingerprint density at radius 3 is 2.29 bits per heavy atom. The first-order valence-corrected chi connectivity index (χ1v) is 3.50. The number of carbonyl (C=O) groups excluding carboxylic acids is 1. The van der Waals surface area contributed by atoms with Crippen molar-refractivity contribution >= 4 is 5.91 Å². The highest BCUT2D eigenvalue weighted by Crippen LogP contribution is 2.24. The molecule has 1 aromatic carbocycles. The summed E-state index contributed by atoms with van der Waals surface area (Å²) >= 11 is 0. The first kappa shape index (κ1) is 10.5. The van der Waals surface area contributed by atoms with E-state index in [1.165, 1.54) is 0 Å². The fourth-order valence-electron chi connectivity index (χ4n) is 0.911. The van der Waals surface area contributed by atoms with Crippen LogP contribution < -0.4 is 5.73 Å². The maximum atomic E-state index is 12.7. The van der Waals surface area contributed by atoms with Crippen molar-refractivity contribution in [2.45, 2.75) is 6.43 Å². The summed E-state index contributed by atoms with van der Waals surface area (Å²) < 4.78 is 49.5. The van der Waals surface area contributed by atoms with E-state index in [2.05, 4.69) is 0 Å². The van der Waals surface area contributed by atoms with Crippen molar-refractivity contribution < 1.29 is 22.4 Å². The number of halogens is 4. The van der Waals surface area contributed by atoms with Crippen LogP contribution in [0.25, 0.3) is 0 Å². The second kappa shape index (κ2) is 3.65. The Hall–Kier alpha value is -1.59. The molecular formula is C8H5F4NO. The highest BCUT2D eigenvalue weighted by molar-refractivity contribution is 5.92. The van der Waals surface area contributed by atoms with E-state index in [9.17, 15) is 22.4 Å². The molecule has 0 aliphatic carbocycles. The molecule has 0 saturated carbocycles. The number of hydrogen-bond donors (Lipinski definition) is 1. The van der Waals surface area contributed by atoms with Crippen LogP contribution in [-0.2, 0) is 0 Å². The monoisotopic (exact) mass is 207 g/mol. The minimum Gasteiger partial charge on any atom is -0.366 e. The van der Waals surface area contributed by atoms with Gasteiger partial charge in [-0.3, -0.25) is 4.79 Å². The first-order valence-electron chi connectivity index (χ1n) is 3.50. The number of nitrogens with two attached hydrogens (primary N) is 1. The summed E-state index contributed by atoms with van der Waals surface area (Å²) in [6.45, 7) is 0. The summed E-state index contributed by atoms with van der Waals surface area (Å²) in [5.74, 6) is -4.27. The molecule has 14 heavy (non-hydrogen) atoms. The average molecular weight is 207 g/mol. The number of amides is 1. The molecule has 0 atom stereocenters. The van der Waals surface area contributed by atoms with Crippen LogP contribution in [0.5, 0.6) is 0 Å². The number of primary amides is 1. The molecule has 1 rings (SSSR count). The Morgan fingerprint density at radius 1 is 1.29 bits per heavy atom. The van der Waals surface area contributed by atoms with E-state index in [-0.39, 0.29) is 0 Å². The summed E-state index contributed by atoms with van der Waals surface area (Å²) in [6.07, 6.45) is -3.19. The zero-order valence-electron chi connectivity index (χ0n) is 6.73. The molecule has 1 amide bonds. The fraction of sp³-hybridized carbons (Fsp3) is 0.125. The summed E-state index contributed by atoms with van der Waals surface area (Å²) in [4.78, 5) is 10.5. The van der Waals surface area contributed by atoms with Crippen LogP contribution in [0.15, 0.2) is 12.1 Å². The van der Waals surface area contributed by atoms with Crippen molar-refractivity contribution in [2.24, 2.45) is 5.73 Å². The third-order valence-corrected chi connectivity index (χ3v) is 1.58. The third-order valence-electron chi connectivity index (χ3n) is 1.58. The second-order valence-corrected chi connectivity index (χ2v) is 2.53. The minimum atomic E-state index is -3.19. The van der Waals surface area contributed by atoms with Gasteiger partial charge >= 0.3 is 0 Å². The van der Waals surface area contributed by atoms with Crippen LogP contribution in [0.3, 0.4) is 0 Å². The van der Waals surface area contributed by atoms with E-state index in [1.54, 1.807) is 0 Å². The van der Waals surface area contributed by atoms with Crippen molar-refractivity contribution in [1.29, 1.82) is 0 Å². The Bertz CT molecular complexity index is 378. The third kappa shape index (κ3) is 1.84. The summed E-state index contributed by atoms with van der Waals surface area (Å²) in [6, 6.07) is 1.01. The van der Waals surface area contributed by atoms with Gasteiger partial charge in [-0.2, -0.15) is 0 Å². The summed E-state index contributed by atoms with van der Waals surface area (Å²) in [7, 11) is 0. The zero-order valence-corrected chi connectivity index (χ0v) is 6.73. The summed E-state index contributed by atoms with van der Waals surface area (Å²) in [5.41, 5.74) is 3.07. The number of rotatable bonds is 2. The van der Waals surface area contributed by atoms with Crippen molar-refractivity contribution in [1.82, 2.24) is 0 Å². The molecule has 0 radical (unpaired) electrons. The smallest absolute Gasteiger partial charge is 0.266 e. The molecule has 2 N–H and O–H groups in total. The lowest BCUT2D eigenvalue weighted by atomic mass is 10.1.